The fourth-order valence-corrected chi connectivity index (χ4v) is 2.79. The third kappa shape index (κ3) is 3.32. The second-order valence-corrected chi connectivity index (χ2v) is 6.15. The van der Waals surface area contributed by atoms with E-state index in [1.54, 1.807) is 20.2 Å². The van der Waals surface area contributed by atoms with E-state index in [2.05, 4.69) is 20.4 Å². The van der Waals surface area contributed by atoms with E-state index in [1.807, 2.05) is 6.07 Å². The number of hydrogen-bond donors (Lipinski definition) is 1. The maximum Gasteiger partial charge on any atom is 0.273 e. The molecule has 3 rings (SSSR count). The summed E-state index contributed by atoms with van der Waals surface area (Å²) < 4.78 is 0. The van der Waals surface area contributed by atoms with E-state index in [0.29, 0.717) is 17.8 Å². The van der Waals surface area contributed by atoms with Crippen molar-refractivity contribution in [1.82, 2.24) is 20.4 Å². The second kappa shape index (κ2) is 5.97. The van der Waals surface area contributed by atoms with E-state index in [4.69, 9.17) is 0 Å². The Morgan fingerprint density at radius 2 is 2.10 bits per heavy atom. The highest BCUT2D eigenvalue weighted by Crippen LogP contribution is 2.31. The third-order valence-corrected chi connectivity index (χ3v) is 4.14. The summed E-state index contributed by atoms with van der Waals surface area (Å²) >= 11 is 0. The topological polar surface area (TPSA) is 61.4 Å². The highest BCUT2D eigenvalue weighted by Gasteiger charge is 2.32. The largest absolute Gasteiger partial charge is 0.351 e. The van der Waals surface area contributed by atoms with Crippen LogP contribution in [0.5, 0.6) is 0 Å². The lowest BCUT2D eigenvalue weighted by molar-refractivity contribution is 0.0821. The van der Waals surface area contributed by atoms with Crippen LogP contribution in [0.1, 0.15) is 36.2 Å². The van der Waals surface area contributed by atoms with Crippen LogP contribution in [0.15, 0.2) is 12.1 Å². The highest BCUT2D eigenvalue weighted by atomic mass is 16.2. The molecule has 1 saturated heterocycles. The molecule has 1 amide bonds. The molecule has 6 nitrogen and oxygen atoms in total. The van der Waals surface area contributed by atoms with Gasteiger partial charge in [0.25, 0.3) is 5.91 Å². The zero-order chi connectivity index (χ0) is 14.8. The minimum atomic E-state index is -0.107. The van der Waals surface area contributed by atoms with Gasteiger partial charge < -0.3 is 15.1 Å². The molecule has 114 valence electrons. The van der Waals surface area contributed by atoms with Crippen molar-refractivity contribution >= 4 is 11.7 Å². The second-order valence-electron chi connectivity index (χ2n) is 6.15. The predicted molar refractivity (Wildman–Crippen MR) is 81.4 cm³/mol. The van der Waals surface area contributed by atoms with Crippen molar-refractivity contribution in [2.75, 3.05) is 32.1 Å². The van der Waals surface area contributed by atoms with Crippen molar-refractivity contribution < 1.29 is 4.79 Å². The van der Waals surface area contributed by atoms with Crippen molar-refractivity contribution in [2.45, 2.75) is 37.8 Å². The Morgan fingerprint density at radius 1 is 1.29 bits per heavy atom. The summed E-state index contributed by atoms with van der Waals surface area (Å²) in [7, 11) is 3.44. The van der Waals surface area contributed by atoms with Crippen LogP contribution < -0.4 is 10.2 Å². The number of rotatable bonds is 5. The molecule has 2 heterocycles. The van der Waals surface area contributed by atoms with Crippen molar-refractivity contribution in [2.24, 2.45) is 0 Å². The smallest absolute Gasteiger partial charge is 0.273 e. The van der Waals surface area contributed by atoms with Gasteiger partial charge >= 0.3 is 0 Å². The van der Waals surface area contributed by atoms with Crippen LogP contribution in [-0.2, 0) is 0 Å². The van der Waals surface area contributed by atoms with Gasteiger partial charge in [0.05, 0.1) is 0 Å². The average Bonchev–Trinajstić information content (AvgIpc) is 3.20. The summed E-state index contributed by atoms with van der Waals surface area (Å²) in [6.07, 6.45) is 4.94. The van der Waals surface area contributed by atoms with Crippen molar-refractivity contribution in [3.8, 4) is 0 Å². The number of carbonyl (C=O) groups excluding carboxylic acids is 1. The number of hydrogen-bond acceptors (Lipinski definition) is 5. The van der Waals surface area contributed by atoms with Gasteiger partial charge in [-0.15, -0.1) is 10.2 Å². The Bertz CT molecular complexity index is 491. The van der Waals surface area contributed by atoms with Gasteiger partial charge in [-0.1, -0.05) is 0 Å². The van der Waals surface area contributed by atoms with E-state index in [0.717, 1.165) is 18.9 Å². The highest BCUT2D eigenvalue weighted by molar-refractivity contribution is 5.91. The molecule has 6 heteroatoms. The molecule has 0 aromatic carbocycles. The van der Waals surface area contributed by atoms with Crippen molar-refractivity contribution in [1.29, 1.82) is 0 Å². The van der Waals surface area contributed by atoms with Crippen LogP contribution in [-0.4, -0.2) is 60.3 Å². The molecule has 2 aliphatic rings. The average molecular weight is 289 g/mol. The molecule has 1 unspecified atom stereocenters. The third-order valence-electron chi connectivity index (χ3n) is 4.14. The number of carbonyl (C=O) groups is 1. The SMILES string of the molecule is CN(C)C(=O)c1ccc(N(CC2CCCN2)C2CC2)nn1. The molecular formula is C15H23N5O. The number of anilines is 1. The lowest BCUT2D eigenvalue weighted by Crippen LogP contribution is -2.39. The zero-order valence-electron chi connectivity index (χ0n) is 12.7. The Balaban J connectivity index is 1.72. The van der Waals surface area contributed by atoms with E-state index in [-0.39, 0.29) is 5.91 Å². The van der Waals surface area contributed by atoms with Gasteiger partial charge in [-0.3, -0.25) is 4.79 Å². The van der Waals surface area contributed by atoms with Crippen LogP contribution in [0, 0.1) is 0 Å². The molecule has 1 aliphatic heterocycles. The summed E-state index contributed by atoms with van der Waals surface area (Å²) in [4.78, 5) is 15.7. The number of aromatic nitrogens is 2. The van der Waals surface area contributed by atoms with Gasteiger partial charge in [-0.05, 0) is 44.4 Å². The molecular weight excluding hydrogens is 266 g/mol. The van der Waals surface area contributed by atoms with Crippen LogP contribution >= 0.6 is 0 Å². The quantitative estimate of drug-likeness (QED) is 0.872. The molecule has 1 atom stereocenters. The molecule has 1 aliphatic carbocycles. The van der Waals surface area contributed by atoms with Gasteiger partial charge in [0.15, 0.2) is 11.5 Å². The van der Waals surface area contributed by atoms with Gasteiger partial charge in [0.1, 0.15) is 0 Å². The fraction of sp³-hybridized carbons (Fsp3) is 0.667. The standard InChI is InChI=1S/C15H23N5O/c1-19(2)15(21)13-7-8-14(18-17-13)20(12-5-6-12)10-11-4-3-9-16-11/h7-8,11-12,16H,3-6,9-10H2,1-2H3. The molecule has 2 fully saturated rings. The monoisotopic (exact) mass is 289 g/mol. The van der Waals surface area contributed by atoms with E-state index in [9.17, 15) is 4.79 Å². The summed E-state index contributed by atoms with van der Waals surface area (Å²) in [5.74, 6) is 0.783. The summed E-state index contributed by atoms with van der Waals surface area (Å²) in [6.45, 7) is 2.10. The van der Waals surface area contributed by atoms with Crippen molar-refractivity contribution in [3.05, 3.63) is 17.8 Å². The Morgan fingerprint density at radius 3 is 2.62 bits per heavy atom. The minimum Gasteiger partial charge on any atom is -0.351 e. The maximum atomic E-state index is 11.9. The van der Waals surface area contributed by atoms with Crippen LogP contribution in [0.3, 0.4) is 0 Å². The van der Waals surface area contributed by atoms with E-state index < -0.39 is 0 Å². The summed E-state index contributed by atoms with van der Waals surface area (Å²) in [6, 6.07) is 4.85. The van der Waals surface area contributed by atoms with Gasteiger partial charge in [-0.2, -0.15) is 0 Å². The first-order valence-corrected chi connectivity index (χ1v) is 7.70. The Labute approximate surface area is 125 Å². The first-order valence-electron chi connectivity index (χ1n) is 7.70. The molecule has 0 spiro atoms. The van der Waals surface area contributed by atoms with Gasteiger partial charge in [-0.25, -0.2) is 0 Å². The molecule has 1 N–H and O–H groups in total. The van der Waals surface area contributed by atoms with E-state index >= 15 is 0 Å². The molecule has 0 radical (unpaired) electrons. The zero-order valence-corrected chi connectivity index (χ0v) is 12.7. The lowest BCUT2D eigenvalue weighted by atomic mass is 10.2. The van der Waals surface area contributed by atoms with Crippen molar-refractivity contribution in [3.63, 3.8) is 0 Å². The first-order chi connectivity index (χ1) is 10.1. The molecule has 1 aromatic rings. The van der Waals surface area contributed by atoms with Gasteiger partial charge in [0.2, 0.25) is 0 Å². The van der Waals surface area contributed by atoms with Crippen LogP contribution in [0.25, 0.3) is 0 Å². The number of amides is 1. The minimum absolute atomic E-state index is 0.107. The first kappa shape index (κ1) is 14.3. The van der Waals surface area contributed by atoms with Gasteiger partial charge in [0, 0.05) is 32.7 Å². The van der Waals surface area contributed by atoms with E-state index in [1.165, 1.54) is 30.6 Å². The number of nitrogens with zero attached hydrogens (tertiary/aromatic N) is 4. The summed E-state index contributed by atoms with van der Waals surface area (Å²) in [5, 5.41) is 11.9. The maximum absolute atomic E-state index is 11.9. The molecule has 21 heavy (non-hydrogen) atoms. The van der Waals surface area contributed by atoms with Crippen LogP contribution in [0.4, 0.5) is 5.82 Å². The fourth-order valence-electron chi connectivity index (χ4n) is 2.79. The molecule has 0 bridgehead atoms. The Hall–Kier alpha value is -1.69. The van der Waals surface area contributed by atoms with Crippen LogP contribution in [0.2, 0.25) is 0 Å². The Kier molecular flexibility index (Phi) is 4.05. The predicted octanol–water partition coefficient (Wildman–Crippen LogP) is 0.899. The molecule has 1 saturated carbocycles. The summed E-state index contributed by atoms with van der Waals surface area (Å²) in [5.41, 5.74) is 0.401. The number of nitrogens with one attached hydrogen (secondary N) is 1. The normalized spacial score (nSPS) is 21.3. The molecule has 1 aromatic heterocycles. The lowest BCUT2D eigenvalue weighted by Gasteiger charge is -2.26.